The Hall–Kier alpha value is -2.61. The number of piperidine rings is 2. The summed E-state index contributed by atoms with van der Waals surface area (Å²) < 4.78 is 34.4. The van der Waals surface area contributed by atoms with E-state index in [0.717, 1.165) is 45.2 Å². The molecule has 34 heavy (non-hydrogen) atoms. The number of rotatable bonds is 7. The zero-order chi connectivity index (χ0) is 24.1. The predicted octanol–water partition coefficient (Wildman–Crippen LogP) is 4.75. The molecule has 0 radical (unpaired) electrons. The van der Waals surface area contributed by atoms with Crippen LogP contribution < -0.4 is 4.74 Å². The van der Waals surface area contributed by atoms with Crippen LogP contribution in [-0.4, -0.2) is 70.7 Å². The molecule has 1 amide bonds. The molecule has 0 saturated carbocycles. The van der Waals surface area contributed by atoms with Crippen LogP contribution in [0.4, 0.5) is 8.78 Å². The van der Waals surface area contributed by atoms with Crippen LogP contribution in [0.2, 0.25) is 0 Å². The smallest absolute Gasteiger partial charge is 0.256 e. The molecule has 8 heteroatoms. The van der Waals surface area contributed by atoms with Gasteiger partial charge in [-0.1, -0.05) is 6.07 Å². The van der Waals surface area contributed by atoms with Crippen molar-refractivity contribution in [1.29, 1.82) is 0 Å². The average molecular weight is 473 g/mol. The Bertz CT molecular complexity index is 964. The summed E-state index contributed by atoms with van der Waals surface area (Å²) in [4.78, 5) is 25.2. The number of halogens is 2. The molecule has 2 saturated heterocycles. The minimum Gasteiger partial charge on any atom is -0.476 e. The summed E-state index contributed by atoms with van der Waals surface area (Å²) >= 11 is 0. The molecular weight excluding hydrogens is 438 g/mol. The van der Waals surface area contributed by atoms with Crippen LogP contribution in [0.1, 0.15) is 56.3 Å². The van der Waals surface area contributed by atoms with Gasteiger partial charge < -0.3 is 14.5 Å². The fraction of sp³-hybridized carbons (Fsp3) is 0.577. The van der Waals surface area contributed by atoms with Crippen LogP contribution >= 0.6 is 0 Å². The van der Waals surface area contributed by atoms with Crippen molar-refractivity contribution < 1.29 is 18.3 Å². The molecule has 0 spiro atoms. The Kier molecular flexibility index (Phi) is 7.76. The van der Waals surface area contributed by atoms with Gasteiger partial charge in [-0.25, -0.2) is 18.7 Å². The molecule has 6 nitrogen and oxygen atoms in total. The van der Waals surface area contributed by atoms with Gasteiger partial charge in [-0.2, -0.15) is 0 Å². The minimum atomic E-state index is -1.17. The topological polar surface area (TPSA) is 58.6 Å². The highest BCUT2D eigenvalue weighted by atomic mass is 19.1. The zero-order valence-electron chi connectivity index (χ0n) is 20.1. The Balaban J connectivity index is 1.30. The first-order chi connectivity index (χ1) is 16.3. The number of amides is 1. The van der Waals surface area contributed by atoms with Crippen molar-refractivity contribution in [2.45, 2.75) is 51.6 Å². The highest BCUT2D eigenvalue weighted by Crippen LogP contribution is 2.24. The predicted molar refractivity (Wildman–Crippen MR) is 127 cm³/mol. The number of nitrogens with zero attached hydrogens (tertiary/aromatic N) is 4. The Morgan fingerprint density at radius 1 is 1.09 bits per heavy atom. The summed E-state index contributed by atoms with van der Waals surface area (Å²) in [5.41, 5.74) is 0.00666. The van der Waals surface area contributed by atoms with Crippen molar-refractivity contribution in [3.05, 3.63) is 42.0 Å². The first-order valence-electron chi connectivity index (χ1n) is 12.2. The van der Waals surface area contributed by atoms with Gasteiger partial charge in [0.25, 0.3) is 5.91 Å². The van der Waals surface area contributed by atoms with E-state index in [1.807, 2.05) is 0 Å². The molecule has 0 N–H and O–H groups in total. The molecule has 1 aromatic heterocycles. The number of carbonyl (C=O) groups excluding carboxylic acids is 1. The molecule has 2 aliphatic rings. The first-order valence-corrected chi connectivity index (χ1v) is 12.2. The first kappa shape index (κ1) is 24.5. The summed E-state index contributed by atoms with van der Waals surface area (Å²) in [6.45, 7) is 7.33. The maximum Gasteiger partial charge on any atom is 0.256 e. The van der Waals surface area contributed by atoms with E-state index < -0.39 is 11.5 Å². The van der Waals surface area contributed by atoms with Crippen LogP contribution in [0.5, 0.6) is 5.88 Å². The van der Waals surface area contributed by atoms with Gasteiger partial charge in [0.05, 0.1) is 30.3 Å². The fourth-order valence-electron chi connectivity index (χ4n) is 4.70. The summed E-state index contributed by atoms with van der Waals surface area (Å²) in [5.74, 6) is 0.0310. The van der Waals surface area contributed by atoms with Gasteiger partial charge in [0.15, 0.2) is 0 Å². The number of aromatic nitrogens is 2. The summed E-state index contributed by atoms with van der Waals surface area (Å²) in [5, 5.41) is 0. The van der Waals surface area contributed by atoms with Gasteiger partial charge in [0, 0.05) is 25.2 Å². The monoisotopic (exact) mass is 472 g/mol. The largest absolute Gasteiger partial charge is 0.476 e. The number of ether oxygens (including phenoxy) is 1. The lowest BCUT2D eigenvalue weighted by Gasteiger charge is -2.34. The highest BCUT2D eigenvalue weighted by molar-refractivity contribution is 5.95. The molecule has 3 heterocycles. The molecule has 0 unspecified atom stereocenters. The van der Waals surface area contributed by atoms with E-state index >= 15 is 0 Å². The third kappa shape index (κ3) is 6.50. The van der Waals surface area contributed by atoms with Crippen molar-refractivity contribution in [3.8, 4) is 17.1 Å². The lowest BCUT2D eigenvalue weighted by atomic mass is 9.97. The molecule has 4 rings (SSSR count). The second-order valence-corrected chi connectivity index (χ2v) is 10.0. The lowest BCUT2D eigenvalue weighted by molar-refractivity contribution is 0.0719. The highest BCUT2D eigenvalue weighted by Gasteiger charge is 2.26. The SMILES string of the molecule is CC(C)(F)CN1CCC(COc2cnc(-c3ccc(C(=O)N4CCCCC4)c(F)c3)cn2)CC1. The van der Waals surface area contributed by atoms with Gasteiger partial charge in [-0.05, 0) is 77.1 Å². The van der Waals surface area contributed by atoms with Crippen LogP contribution in [0.15, 0.2) is 30.6 Å². The third-order valence-electron chi connectivity index (χ3n) is 6.54. The number of carbonyl (C=O) groups is 1. The van der Waals surface area contributed by atoms with Gasteiger partial charge in [0.2, 0.25) is 5.88 Å². The Morgan fingerprint density at radius 3 is 2.44 bits per heavy atom. The van der Waals surface area contributed by atoms with Crippen molar-refractivity contribution in [3.63, 3.8) is 0 Å². The second kappa shape index (κ2) is 10.8. The lowest BCUT2D eigenvalue weighted by Crippen LogP contribution is -2.41. The fourth-order valence-corrected chi connectivity index (χ4v) is 4.70. The molecule has 2 fully saturated rings. The van der Waals surface area contributed by atoms with E-state index in [9.17, 15) is 13.6 Å². The maximum absolute atomic E-state index is 14.7. The number of alkyl halides is 1. The van der Waals surface area contributed by atoms with Crippen molar-refractivity contribution >= 4 is 5.91 Å². The molecule has 0 bridgehead atoms. The third-order valence-corrected chi connectivity index (χ3v) is 6.54. The van der Waals surface area contributed by atoms with E-state index in [4.69, 9.17) is 4.74 Å². The van der Waals surface area contributed by atoms with Gasteiger partial charge in [-0.15, -0.1) is 0 Å². The molecule has 0 aliphatic carbocycles. The summed E-state index contributed by atoms with van der Waals surface area (Å²) in [7, 11) is 0. The van der Waals surface area contributed by atoms with Crippen molar-refractivity contribution in [1.82, 2.24) is 19.8 Å². The van der Waals surface area contributed by atoms with Crippen LogP contribution in [0.25, 0.3) is 11.3 Å². The van der Waals surface area contributed by atoms with Crippen LogP contribution in [0, 0.1) is 11.7 Å². The van der Waals surface area contributed by atoms with Gasteiger partial charge in [0.1, 0.15) is 11.5 Å². The van der Waals surface area contributed by atoms with Crippen LogP contribution in [-0.2, 0) is 0 Å². The Morgan fingerprint density at radius 2 is 1.82 bits per heavy atom. The second-order valence-electron chi connectivity index (χ2n) is 10.0. The van der Waals surface area contributed by atoms with Gasteiger partial charge >= 0.3 is 0 Å². The average Bonchev–Trinajstić information content (AvgIpc) is 2.83. The summed E-state index contributed by atoms with van der Waals surface area (Å²) in [6.07, 6.45) is 8.07. The number of likely N-dealkylation sites (tertiary alicyclic amines) is 2. The maximum atomic E-state index is 14.7. The van der Waals surface area contributed by atoms with E-state index in [1.165, 1.54) is 12.1 Å². The Labute approximate surface area is 200 Å². The van der Waals surface area contributed by atoms with Gasteiger partial charge in [-0.3, -0.25) is 4.79 Å². The molecule has 1 aromatic carbocycles. The van der Waals surface area contributed by atoms with Crippen molar-refractivity contribution in [2.75, 3.05) is 39.3 Å². The quantitative estimate of drug-likeness (QED) is 0.582. The molecule has 184 valence electrons. The molecular formula is C26H34F2N4O2. The van der Waals surface area contributed by atoms with E-state index in [0.29, 0.717) is 49.3 Å². The number of benzene rings is 1. The standard InChI is InChI=1S/C26H34F2N4O2/c1-26(2,28)18-31-12-8-19(9-13-31)17-34-24-16-29-23(15-30-24)20-6-7-21(22(27)14-20)25(33)32-10-4-3-5-11-32/h6-7,14-16,19H,3-5,8-13,17-18H2,1-2H3. The normalized spacial score (nSPS) is 18.2. The van der Waals surface area contributed by atoms with Crippen molar-refractivity contribution in [2.24, 2.45) is 5.92 Å². The molecule has 2 aromatic rings. The van der Waals surface area contributed by atoms with E-state index in [1.54, 1.807) is 37.2 Å². The molecule has 0 atom stereocenters. The molecule has 2 aliphatic heterocycles. The summed E-state index contributed by atoms with van der Waals surface area (Å²) in [6, 6.07) is 4.58. The number of hydrogen-bond acceptors (Lipinski definition) is 5. The number of hydrogen-bond donors (Lipinski definition) is 0. The zero-order valence-corrected chi connectivity index (χ0v) is 20.1. The van der Waals surface area contributed by atoms with Crippen LogP contribution in [0.3, 0.4) is 0 Å². The van der Waals surface area contributed by atoms with E-state index in [2.05, 4.69) is 14.9 Å². The minimum absolute atomic E-state index is 0.0969. The van der Waals surface area contributed by atoms with E-state index in [-0.39, 0.29) is 11.5 Å².